The van der Waals surface area contributed by atoms with Gasteiger partial charge in [-0.2, -0.15) is 0 Å². The molecule has 0 fully saturated rings. The maximum absolute atomic E-state index is 12.2. The van der Waals surface area contributed by atoms with Crippen molar-refractivity contribution < 1.29 is 23.5 Å². The van der Waals surface area contributed by atoms with Crippen molar-refractivity contribution in [2.24, 2.45) is 0 Å². The average Bonchev–Trinajstić information content (AvgIpc) is 3.03. The second-order valence-electron chi connectivity index (χ2n) is 5.83. The van der Waals surface area contributed by atoms with E-state index in [4.69, 9.17) is 9.15 Å². The van der Waals surface area contributed by atoms with Crippen LogP contribution in [-0.4, -0.2) is 31.4 Å². The van der Waals surface area contributed by atoms with Crippen molar-refractivity contribution in [2.45, 2.75) is 6.92 Å². The van der Waals surface area contributed by atoms with Crippen LogP contribution >= 0.6 is 0 Å². The van der Waals surface area contributed by atoms with E-state index in [0.717, 1.165) is 5.39 Å². The highest BCUT2D eigenvalue weighted by Crippen LogP contribution is 2.25. The van der Waals surface area contributed by atoms with Gasteiger partial charge in [0.25, 0.3) is 11.8 Å². The SMILES string of the molecule is CNC(=O)c1ccc(NC(=O)COC(=O)c2oc3ccccc3c2C)cc1. The summed E-state index contributed by atoms with van der Waals surface area (Å²) in [6.45, 7) is 1.31. The number of nitrogens with one attached hydrogen (secondary N) is 2. The Kier molecular flexibility index (Phi) is 5.21. The Labute approximate surface area is 155 Å². The lowest BCUT2D eigenvalue weighted by molar-refractivity contribution is -0.119. The molecular weight excluding hydrogens is 348 g/mol. The molecule has 0 aliphatic heterocycles. The summed E-state index contributed by atoms with van der Waals surface area (Å²) < 4.78 is 10.6. The minimum atomic E-state index is -0.700. The summed E-state index contributed by atoms with van der Waals surface area (Å²) in [5, 5.41) is 5.93. The lowest BCUT2D eigenvalue weighted by atomic mass is 10.1. The third-order valence-corrected chi connectivity index (χ3v) is 4.02. The van der Waals surface area contributed by atoms with E-state index in [1.54, 1.807) is 37.3 Å². The number of anilines is 1. The van der Waals surface area contributed by atoms with E-state index in [-0.39, 0.29) is 11.7 Å². The van der Waals surface area contributed by atoms with Gasteiger partial charge in [0.1, 0.15) is 5.58 Å². The van der Waals surface area contributed by atoms with Crippen LogP contribution in [0.2, 0.25) is 0 Å². The fraction of sp³-hybridized carbons (Fsp3) is 0.150. The van der Waals surface area contributed by atoms with E-state index >= 15 is 0 Å². The maximum Gasteiger partial charge on any atom is 0.375 e. The molecular formula is C20H18N2O5. The molecule has 1 heterocycles. The number of hydrogen-bond donors (Lipinski definition) is 2. The zero-order valence-electron chi connectivity index (χ0n) is 14.9. The number of aryl methyl sites for hydroxylation is 1. The molecule has 2 aromatic carbocycles. The van der Waals surface area contributed by atoms with Crippen LogP contribution in [0.25, 0.3) is 11.0 Å². The zero-order chi connectivity index (χ0) is 19.4. The van der Waals surface area contributed by atoms with Crippen LogP contribution in [0.1, 0.15) is 26.5 Å². The van der Waals surface area contributed by atoms with Crippen molar-refractivity contribution in [2.75, 3.05) is 19.0 Å². The van der Waals surface area contributed by atoms with E-state index in [9.17, 15) is 14.4 Å². The van der Waals surface area contributed by atoms with Gasteiger partial charge in [0.2, 0.25) is 5.76 Å². The van der Waals surface area contributed by atoms with Gasteiger partial charge in [-0.25, -0.2) is 4.79 Å². The second-order valence-corrected chi connectivity index (χ2v) is 5.83. The number of carbonyl (C=O) groups excluding carboxylic acids is 3. The summed E-state index contributed by atoms with van der Waals surface area (Å²) in [7, 11) is 1.54. The molecule has 3 rings (SSSR count). The van der Waals surface area contributed by atoms with Crippen molar-refractivity contribution in [1.82, 2.24) is 5.32 Å². The molecule has 0 atom stereocenters. The van der Waals surface area contributed by atoms with E-state index in [0.29, 0.717) is 22.4 Å². The third kappa shape index (κ3) is 3.98. The molecule has 0 bridgehead atoms. The smallest absolute Gasteiger partial charge is 0.375 e. The van der Waals surface area contributed by atoms with Crippen molar-refractivity contribution in [3.05, 3.63) is 65.4 Å². The lowest BCUT2D eigenvalue weighted by Crippen LogP contribution is -2.21. The van der Waals surface area contributed by atoms with E-state index in [1.807, 2.05) is 18.2 Å². The first kappa shape index (κ1) is 18.2. The van der Waals surface area contributed by atoms with Gasteiger partial charge in [0.05, 0.1) is 0 Å². The molecule has 2 amide bonds. The summed E-state index contributed by atoms with van der Waals surface area (Å²) in [4.78, 5) is 35.7. The molecule has 3 aromatic rings. The minimum Gasteiger partial charge on any atom is -0.450 e. The summed E-state index contributed by atoms with van der Waals surface area (Å²) in [6.07, 6.45) is 0. The number of fused-ring (bicyclic) bond motifs is 1. The summed E-state index contributed by atoms with van der Waals surface area (Å²) >= 11 is 0. The van der Waals surface area contributed by atoms with Gasteiger partial charge in [-0.1, -0.05) is 18.2 Å². The van der Waals surface area contributed by atoms with E-state index < -0.39 is 18.5 Å². The highest BCUT2D eigenvalue weighted by molar-refractivity contribution is 5.99. The molecule has 0 saturated heterocycles. The van der Waals surface area contributed by atoms with Crippen LogP contribution in [0.5, 0.6) is 0 Å². The Morgan fingerprint density at radius 1 is 1.04 bits per heavy atom. The zero-order valence-corrected chi connectivity index (χ0v) is 14.9. The Morgan fingerprint density at radius 2 is 1.74 bits per heavy atom. The Hall–Kier alpha value is -3.61. The van der Waals surface area contributed by atoms with Crippen molar-refractivity contribution in [1.29, 1.82) is 0 Å². The molecule has 2 N–H and O–H groups in total. The number of hydrogen-bond acceptors (Lipinski definition) is 5. The van der Waals surface area contributed by atoms with Gasteiger partial charge in [-0.05, 0) is 37.3 Å². The molecule has 0 spiro atoms. The number of ether oxygens (including phenoxy) is 1. The van der Waals surface area contributed by atoms with Crippen molar-refractivity contribution in [3.8, 4) is 0 Å². The maximum atomic E-state index is 12.2. The van der Waals surface area contributed by atoms with Gasteiger partial charge in [0, 0.05) is 29.2 Å². The highest BCUT2D eigenvalue weighted by atomic mass is 16.5. The number of benzene rings is 2. The lowest BCUT2D eigenvalue weighted by Gasteiger charge is -2.07. The van der Waals surface area contributed by atoms with Crippen LogP contribution in [-0.2, 0) is 9.53 Å². The molecule has 0 aliphatic carbocycles. The van der Waals surface area contributed by atoms with Crippen molar-refractivity contribution >= 4 is 34.4 Å². The van der Waals surface area contributed by atoms with Crippen molar-refractivity contribution in [3.63, 3.8) is 0 Å². The van der Waals surface area contributed by atoms with Gasteiger partial charge >= 0.3 is 5.97 Å². The van der Waals surface area contributed by atoms with Crippen LogP contribution in [0.4, 0.5) is 5.69 Å². The molecule has 7 nitrogen and oxygen atoms in total. The Bertz CT molecular complexity index is 1000. The first-order valence-electron chi connectivity index (χ1n) is 8.27. The first-order chi connectivity index (χ1) is 13.0. The number of rotatable bonds is 5. The number of furan rings is 1. The largest absolute Gasteiger partial charge is 0.450 e. The number of carbonyl (C=O) groups is 3. The first-order valence-corrected chi connectivity index (χ1v) is 8.27. The molecule has 27 heavy (non-hydrogen) atoms. The van der Waals surface area contributed by atoms with Gasteiger partial charge in [-0.3, -0.25) is 9.59 Å². The standard InChI is InChI=1S/C20H18N2O5/c1-12-15-5-3-4-6-16(15)27-18(12)20(25)26-11-17(23)22-14-9-7-13(8-10-14)19(24)21-2/h3-10H,11H2,1-2H3,(H,21,24)(H,22,23). The fourth-order valence-corrected chi connectivity index (χ4v) is 2.61. The van der Waals surface area contributed by atoms with Crippen LogP contribution in [0.15, 0.2) is 52.9 Å². The summed E-state index contributed by atoms with van der Waals surface area (Å²) in [5.41, 5.74) is 2.22. The molecule has 0 aliphatic rings. The van der Waals surface area contributed by atoms with Gasteiger partial charge in [0.15, 0.2) is 6.61 Å². The molecule has 138 valence electrons. The average molecular weight is 366 g/mol. The predicted molar refractivity (Wildman–Crippen MR) is 99.7 cm³/mol. The van der Waals surface area contributed by atoms with Crippen LogP contribution in [0.3, 0.4) is 0 Å². The second kappa shape index (κ2) is 7.74. The summed E-state index contributed by atoms with van der Waals surface area (Å²) in [5.74, 6) is -1.33. The number of para-hydroxylation sites is 1. The number of esters is 1. The van der Waals surface area contributed by atoms with E-state index in [2.05, 4.69) is 10.6 Å². The normalized spacial score (nSPS) is 10.4. The van der Waals surface area contributed by atoms with E-state index in [1.165, 1.54) is 7.05 Å². The van der Waals surface area contributed by atoms with Gasteiger partial charge in [-0.15, -0.1) is 0 Å². The minimum absolute atomic E-state index is 0.0823. The third-order valence-electron chi connectivity index (χ3n) is 4.02. The molecule has 7 heteroatoms. The molecule has 0 radical (unpaired) electrons. The molecule has 1 aromatic heterocycles. The molecule has 0 unspecified atom stereocenters. The Morgan fingerprint density at radius 3 is 2.41 bits per heavy atom. The Balaban J connectivity index is 1.59. The highest BCUT2D eigenvalue weighted by Gasteiger charge is 2.19. The molecule has 0 saturated carbocycles. The van der Waals surface area contributed by atoms with Gasteiger partial charge < -0.3 is 19.8 Å². The topological polar surface area (TPSA) is 97.6 Å². The number of amides is 2. The monoisotopic (exact) mass is 366 g/mol. The van der Waals surface area contributed by atoms with Crippen LogP contribution in [0, 0.1) is 6.92 Å². The quantitative estimate of drug-likeness (QED) is 0.677. The summed E-state index contributed by atoms with van der Waals surface area (Å²) in [6, 6.07) is 13.6. The van der Waals surface area contributed by atoms with Crippen LogP contribution < -0.4 is 10.6 Å². The fourth-order valence-electron chi connectivity index (χ4n) is 2.61. The predicted octanol–water partition coefficient (Wildman–Crippen LogP) is 2.90.